The molecular weight excluding hydrogens is 416 g/mol. The Morgan fingerprint density at radius 3 is 1.03 bits per heavy atom. The van der Waals surface area contributed by atoms with Crippen molar-refractivity contribution in [3.8, 4) is 0 Å². The van der Waals surface area contributed by atoms with Gasteiger partial charge in [0.15, 0.2) is 0 Å². The zero-order valence-corrected chi connectivity index (χ0v) is 21.2. The van der Waals surface area contributed by atoms with E-state index in [-0.39, 0.29) is 0 Å². The topological polar surface area (TPSA) is 55.4 Å². The van der Waals surface area contributed by atoms with E-state index in [4.69, 9.17) is 26.6 Å². The molecule has 2 aromatic carbocycles. The van der Waals surface area contributed by atoms with Gasteiger partial charge in [0.05, 0.1) is 0 Å². The van der Waals surface area contributed by atoms with Crippen LogP contribution in [0.3, 0.4) is 0 Å². The summed E-state index contributed by atoms with van der Waals surface area (Å²) in [6.45, 7) is 14.9. The smallest absolute Gasteiger partial charge is 0.370 e. The highest BCUT2D eigenvalue weighted by atomic mass is 28.4. The second-order valence-electron chi connectivity index (χ2n) is 6.49. The highest BCUT2D eigenvalue weighted by molar-refractivity contribution is 6.76. The van der Waals surface area contributed by atoms with Crippen LogP contribution < -0.4 is 10.4 Å². The zero-order valence-electron chi connectivity index (χ0n) is 19.2. The SMILES string of the molecule is CCO[Si](OCC)(OCC)c1ccc2ccc([Si](OCC)(OCC)OCC)cc2c1. The van der Waals surface area contributed by atoms with Gasteiger partial charge in [-0.15, -0.1) is 0 Å². The van der Waals surface area contributed by atoms with Gasteiger partial charge in [0.2, 0.25) is 0 Å². The molecule has 0 aliphatic heterocycles. The lowest BCUT2D eigenvalue weighted by Gasteiger charge is -2.30. The highest BCUT2D eigenvalue weighted by Gasteiger charge is 2.45. The highest BCUT2D eigenvalue weighted by Crippen LogP contribution is 2.19. The molecule has 0 saturated heterocycles. The van der Waals surface area contributed by atoms with E-state index in [1.165, 1.54) is 0 Å². The van der Waals surface area contributed by atoms with Crippen LogP contribution in [0.1, 0.15) is 41.5 Å². The van der Waals surface area contributed by atoms with Crippen LogP contribution in [0.2, 0.25) is 0 Å². The first-order valence-electron chi connectivity index (χ1n) is 10.9. The molecule has 0 radical (unpaired) electrons. The summed E-state index contributed by atoms with van der Waals surface area (Å²) in [5, 5.41) is 4.07. The molecule has 30 heavy (non-hydrogen) atoms. The van der Waals surface area contributed by atoms with Gasteiger partial charge >= 0.3 is 17.6 Å². The van der Waals surface area contributed by atoms with E-state index in [1.54, 1.807) is 0 Å². The maximum absolute atomic E-state index is 6.09. The van der Waals surface area contributed by atoms with Crippen LogP contribution in [0.5, 0.6) is 0 Å². The van der Waals surface area contributed by atoms with Gasteiger partial charge in [0, 0.05) is 50.0 Å². The van der Waals surface area contributed by atoms with Crippen LogP contribution in [0.4, 0.5) is 0 Å². The van der Waals surface area contributed by atoms with Crippen LogP contribution in [-0.4, -0.2) is 57.3 Å². The van der Waals surface area contributed by atoms with E-state index < -0.39 is 17.6 Å². The molecule has 0 amide bonds. The molecular formula is C22H36O6Si2. The van der Waals surface area contributed by atoms with E-state index in [9.17, 15) is 0 Å². The van der Waals surface area contributed by atoms with E-state index >= 15 is 0 Å². The van der Waals surface area contributed by atoms with Gasteiger partial charge in [0.1, 0.15) is 0 Å². The zero-order chi connectivity index (χ0) is 22.0. The van der Waals surface area contributed by atoms with Gasteiger partial charge in [-0.1, -0.05) is 24.3 Å². The Kier molecular flexibility index (Phi) is 10.1. The molecule has 0 saturated carbocycles. The summed E-state index contributed by atoms with van der Waals surface area (Å²) in [6, 6.07) is 12.5. The van der Waals surface area contributed by atoms with Crippen LogP contribution in [-0.2, 0) is 26.6 Å². The molecule has 2 aromatic rings. The summed E-state index contributed by atoms with van der Waals surface area (Å²) in [5.74, 6) is 0. The fraction of sp³-hybridized carbons (Fsp3) is 0.545. The molecule has 0 aromatic heterocycles. The second kappa shape index (κ2) is 12.1. The van der Waals surface area contributed by atoms with Crippen LogP contribution >= 0.6 is 0 Å². The van der Waals surface area contributed by atoms with E-state index in [1.807, 2.05) is 53.7 Å². The van der Waals surface area contributed by atoms with Crippen molar-refractivity contribution >= 4 is 38.8 Å². The summed E-state index contributed by atoms with van der Waals surface area (Å²) in [4.78, 5) is 0. The van der Waals surface area contributed by atoms with Gasteiger partial charge in [-0.25, -0.2) is 0 Å². The molecule has 0 atom stereocenters. The standard InChI is InChI=1S/C22H36O6Si2/c1-7-23-29(24-8-2,25-9-3)21-15-13-19-14-16-22(18-20(19)17-21)30(26-10-4,27-11-5)28-12-6/h13-18H,7-12H2,1-6H3. The summed E-state index contributed by atoms with van der Waals surface area (Å²) in [7, 11) is -5.96. The maximum atomic E-state index is 6.09. The molecule has 0 aliphatic rings. The van der Waals surface area contributed by atoms with Gasteiger partial charge in [0.25, 0.3) is 0 Å². The van der Waals surface area contributed by atoms with Gasteiger partial charge in [-0.05, 0) is 64.4 Å². The van der Waals surface area contributed by atoms with E-state index in [2.05, 4.69) is 24.3 Å². The molecule has 0 spiro atoms. The number of rotatable bonds is 14. The molecule has 168 valence electrons. The Morgan fingerprint density at radius 2 is 0.767 bits per heavy atom. The molecule has 6 nitrogen and oxygen atoms in total. The maximum Gasteiger partial charge on any atom is 0.537 e. The number of benzene rings is 2. The predicted molar refractivity (Wildman–Crippen MR) is 124 cm³/mol. The van der Waals surface area contributed by atoms with E-state index in [0.29, 0.717) is 39.6 Å². The third-order valence-electron chi connectivity index (χ3n) is 4.55. The number of hydrogen-bond acceptors (Lipinski definition) is 6. The molecule has 0 heterocycles. The average molecular weight is 453 g/mol. The fourth-order valence-corrected chi connectivity index (χ4v) is 8.54. The minimum absolute atomic E-state index is 0.527. The van der Waals surface area contributed by atoms with Crippen LogP contribution in [0.25, 0.3) is 10.8 Å². The largest absolute Gasteiger partial charge is 0.537 e. The molecule has 0 bridgehead atoms. The third kappa shape index (κ3) is 5.57. The van der Waals surface area contributed by atoms with Gasteiger partial charge < -0.3 is 26.6 Å². The Bertz CT molecular complexity index is 691. The van der Waals surface area contributed by atoms with Crippen LogP contribution in [0.15, 0.2) is 36.4 Å². The Labute approximate surface area is 183 Å². The van der Waals surface area contributed by atoms with Crippen molar-refractivity contribution in [1.29, 1.82) is 0 Å². The monoisotopic (exact) mass is 452 g/mol. The third-order valence-corrected chi connectivity index (χ3v) is 10.6. The lowest BCUT2D eigenvalue weighted by molar-refractivity contribution is 0.0852. The Morgan fingerprint density at radius 1 is 0.467 bits per heavy atom. The van der Waals surface area contributed by atoms with Gasteiger partial charge in [-0.2, -0.15) is 0 Å². The first-order valence-corrected chi connectivity index (χ1v) is 14.4. The fourth-order valence-electron chi connectivity index (χ4n) is 3.52. The minimum Gasteiger partial charge on any atom is -0.370 e. The van der Waals surface area contributed by atoms with Crippen molar-refractivity contribution < 1.29 is 26.6 Å². The molecule has 2 rings (SSSR count). The van der Waals surface area contributed by atoms with Crippen molar-refractivity contribution in [3.05, 3.63) is 36.4 Å². The normalized spacial score (nSPS) is 12.6. The average Bonchev–Trinajstić information content (AvgIpc) is 2.74. The summed E-state index contributed by atoms with van der Waals surface area (Å²) >= 11 is 0. The van der Waals surface area contributed by atoms with Crippen molar-refractivity contribution in [2.24, 2.45) is 0 Å². The lowest BCUT2D eigenvalue weighted by Crippen LogP contribution is -2.57. The molecule has 0 aliphatic carbocycles. The van der Waals surface area contributed by atoms with Gasteiger partial charge in [-0.3, -0.25) is 0 Å². The first kappa shape index (κ1) is 25.2. The van der Waals surface area contributed by atoms with Crippen molar-refractivity contribution in [2.45, 2.75) is 41.5 Å². The predicted octanol–water partition coefficient (Wildman–Crippen LogP) is 3.35. The van der Waals surface area contributed by atoms with E-state index in [0.717, 1.165) is 21.1 Å². The molecule has 0 unspecified atom stereocenters. The quantitative estimate of drug-likeness (QED) is 0.410. The number of hydrogen-bond donors (Lipinski definition) is 0. The number of fused-ring (bicyclic) bond motifs is 1. The molecule has 0 N–H and O–H groups in total. The Balaban J connectivity index is 2.60. The molecule has 8 heteroatoms. The molecule has 0 fully saturated rings. The van der Waals surface area contributed by atoms with Crippen molar-refractivity contribution in [1.82, 2.24) is 0 Å². The summed E-state index contributed by atoms with van der Waals surface area (Å²) in [6.07, 6.45) is 0. The lowest BCUT2D eigenvalue weighted by atomic mass is 10.1. The van der Waals surface area contributed by atoms with Crippen molar-refractivity contribution in [3.63, 3.8) is 0 Å². The summed E-state index contributed by atoms with van der Waals surface area (Å²) < 4.78 is 36.5. The van der Waals surface area contributed by atoms with Crippen LogP contribution in [0, 0.1) is 0 Å². The summed E-state index contributed by atoms with van der Waals surface area (Å²) in [5.41, 5.74) is 0. The first-order chi connectivity index (χ1) is 14.5. The minimum atomic E-state index is -2.98. The van der Waals surface area contributed by atoms with Crippen molar-refractivity contribution in [2.75, 3.05) is 39.6 Å². The Hall–Kier alpha value is -1.11. The second-order valence-corrected chi connectivity index (χ2v) is 11.6.